The van der Waals surface area contributed by atoms with Gasteiger partial charge in [0.1, 0.15) is 18.2 Å². The summed E-state index contributed by atoms with van der Waals surface area (Å²) in [4.78, 5) is 19.5. The van der Waals surface area contributed by atoms with Crippen LogP contribution in [0.25, 0.3) is 10.2 Å². The summed E-state index contributed by atoms with van der Waals surface area (Å²) >= 11 is 1.46. The number of anilines is 2. The zero-order chi connectivity index (χ0) is 21.2. The minimum Gasteiger partial charge on any atom is -0.489 e. The normalized spacial score (nSPS) is 15.4. The number of hydrogen-bond acceptors (Lipinski definition) is 5. The van der Waals surface area contributed by atoms with E-state index < -0.39 is 0 Å². The molecule has 0 aliphatic carbocycles. The van der Waals surface area contributed by atoms with E-state index in [0.29, 0.717) is 18.3 Å². The van der Waals surface area contributed by atoms with Crippen LogP contribution in [0.3, 0.4) is 0 Å². The zero-order valence-electron chi connectivity index (χ0n) is 16.6. The van der Waals surface area contributed by atoms with E-state index in [4.69, 9.17) is 4.74 Å². The molecule has 0 bridgehead atoms. The van der Waals surface area contributed by atoms with Crippen LogP contribution in [0.4, 0.5) is 15.2 Å². The summed E-state index contributed by atoms with van der Waals surface area (Å²) in [5, 5.41) is 3.52. The Balaban J connectivity index is 1.35. The fraction of sp³-hybridized carbons (Fsp3) is 0.167. The molecule has 1 N–H and O–H groups in total. The average molecular weight is 434 g/mol. The van der Waals surface area contributed by atoms with E-state index in [1.54, 1.807) is 12.1 Å². The summed E-state index contributed by atoms with van der Waals surface area (Å²) in [7, 11) is 0. The Morgan fingerprint density at radius 1 is 1.10 bits per heavy atom. The first kappa shape index (κ1) is 19.5. The number of nitrogens with zero attached hydrogens (tertiary/aromatic N) is 2. The van der Waals surface area contributed by atoms with Crippen LogP contribution in [0.1, 0.15) is 12.0 Å². The van der Waals surface area contributed by atoms with Crippen molar-refractivity contribution in [2.45, 2.75) is 19.0 Å². The quantitative estimate of drug-likeness (QED) is 0.468. The SMILES string of the molecule is O=C(CC1COc2ccccc2N1Cc1ccc(F)cc1)Nc1nc2ccccc2s1. The van der Waals surface area contributed by atoms with Gasteiger partial charge in [-0.05, 0) is 42.0 Å². The Kier molecular flexibility index (Phi) is 5.26. The van der Waals surface area contributed by atoms with Crippen LogP contribution in [0.5, 0.6) is 5.75 Å². The highest BCUT2D eigenvalue weighted by molar-refractivity contribution is 7.22. The van der Waals surface area contributed by atoms with E-state index in [1.165, 1.54) is 23.5 Å². The molecule has 1 aliphatic rings. The molecule has 5 nitrogen and oxygen atoms in total. The fourth-order valence-corrected chi connectivity index (χ4v) is 4.65. The van der Waals surface area contributed by atoms with E-state index in [-0.39, 0.29) is 24.2 Å². The summed E-state index contributed by atoms with van der Waals surface area (Å²) in [6, 6.07) is 21.9. The number of amides is 1. The van der Waals surface area contributed by atoms with Crippen LogP contribution in [0.15, 0.2) is 72.8 Å². The first-order valence-electron chi connectivity index (χ1n) is 10.0. The smallest absolute Gasteiger partial charge is 0.228 e. The lowest BCUT2D eigenvalue weighted by Gasteiger charge is -2.38. The number of hydrogen-bond donors (Lipinski definition) is 1. The number of benzene rings is 3. The predicted octanol–water partition coefficient (Wildman–Crippen LogP) is 5.23. The highest BCUT2D eigenvalue weighted by Gasteiger charge is 2.29. The van der Waals surface area contributed by atoms with E-state index in [9.17, 15) is 9.18 Å². The largest absolute Gasteiger partial charge is 0.489 e. The molecule has 7 heteroatoms. The van der Waals surface area contributed by atoms with E-state index >= 15 is 0 Å². The van der Waals surface area contributed by atoms with Crippen molar-refractivity contribution in [2.24, 2.45) is 0 Å². The van der Waals surface area contributed by atoms with Crippen LogP contribution in [-0.4, -0.2) is 23.5 Å². The van der Waals surface area contributed by atoms with Gasteiger partial charge in [-0.1, -0.05) is 47.7 Å². The number of carbonyl (C=O) groups is 1. The van der Waals surface area contributed by atoms with Crippen molar-refractivity contribution in [1.82, 2.24) is 4.98 Å². The standard InChI is InChI=1S/C24H20FN3O2S/c25-17-11-9-16(10-12-17)14-28-18(15-30-21-7-3-2-6-20(21)28)13-23(29)27-24-26-19-5-1-4-8-22(19)31-24/h1-12,18H,13-15H2,(H,26,27,29). The number of para-hydroxylation sites is 3. The highest BCUT2D eigenvalue weighted by atomic mass is 32.1. The zero-order valence-corrected chi connectivity index (χ0v) is 17.4. The number of ether oxygens (including phenoxy) is 1. The van der Waals surface area contributed by atoms with Crippen molar-refractivity contribution in [1.29, 1.82) is 0 Å². The van der Waals surface area contributed by atoms with Crippen LogP contribution < -0.4 is 15.0 Å². The second-order valence-electron chi connectivity index (χ2n) is 7.43. The molecule has 156 valence electrons. The third-order valence-electron chi connectivity index (χ3n) is 5.27. The fourth-order valence-electron chi connectivity index (χ4n) is 3.77. The lowest BCUT2D eigenvalue weighted by Crippen LogP contribution is -2.44. The molecule has 0 radical (unpaired) electrons. The second kappa shape index (κ2) is 8.35. The van der Waals surface area contributed by atoms with Crippen LogP contribution in [-0.2, 0) is 11.3 Å². The number of rotatable bonds is 5. The highest BCUT2D eigenvalue weighted by Crippen LogP contribution is 2.36. The molecule has 0 saturated heterocycles. The van der Waals surface area contributed by atoms with Crippen molar-refractivity contribution in [3.05, 3.63) is 84.2 Å². The molecule has 0 fully saturated rings. The van der Waals surface area contributed by atoms with Crippen molar-refractivity contribution in [3.63, 3.8) is 0 Å². The average Bonchev–Trinajstić information content (AvgIpc) is 3.19. The van der Waals surface area contributed by atoms with Gasteiger partial charge in [0.25, 0.3) is 0 Å². The lowest BCUT2D eigenvalue weighted by molar-refractivity contribution is -0.116. The molecule has 0 spiro atoms. The molecule has 0 saturated carbocycles. The van der Waals surface area contributed by atoms with Gasteiger partial charge in [0.15, 0.2) is 5.13 Å². The molecule has 1 unspecified atom stereocenters. The minimum atomic E-state index is -0.266. The maximum atomic E-state index is 13.3. The van der Waals surface area contributed by atoms with Gasteiger partial charge in [-0.3, -0.25) is 4.79 Å². The summed E-state index contributed by atoms with van der Waals surface area (Å²) in [6.07, 6.45) is 0.255. The summed E-state index contributed by atoms with van der Waals surface area (Å²) in [5.41, 5.74) is 2.77. The molecule has 4 aromatic rings. The van der Waals surface area contributed by atoms with Crippen molar-refractivity contribution in [3.8, 4) is 5.75 Å². The summed E-state index contributed by atoms with van der Waals surface area (Å²) in [5.74, 6) is 0.404. The Bertz CT molecular complexity index is 1190. The topological polar surface area (TPSA) is 54.5 Å². The van der Waals surface area contributed by atoms with Gasteiger partial charge in [-0.25, -0.2) is 9.37 Å². The Labute approximate surface area is 183 Å². The van der Waals surface area contributed by atoms with Gasteiger partial charge in [-0.2, -0.15) is 0 Å². The van der Waals surface area contributed by atoms with Gasteiger partial charge < -0.3 is 15.0 Å². The van der Waals surface area contributed by atoms with Gasteiger partial charge in [0, 0.05) is 6.54 Å². The molecular weight excluding hydrogens is 413 g/mol. The summed E-state index contributed by atoms with van der Waals surface area (Å²) in [6.45, 7) is 0.950. The van der Waals surface area contributed by atoms with Crippen molar-refractivity contribution in [2.75, 3.05) is 16.8 Å². The first-order chi connectivity index (χ1) is 15.2. The maximum absolute atomic E-state index is 13.3. The van der Waals surface area contributed by atoms with Crippen molar-refractivity contribution >= 4 is 38.3 Å². The molecular formula is C24H20FN3O2S. The van der Waals surface area contributed by atoms with Crippen molar-refractivity contribution < 1.29 is 13.9 Å². The molecule has 5 rings (SSSR count). The molecule has 31 heavy (non-hydrogen) atoms. The number of carbonyl (C=O) groups excluding carboxylic acids is 1. The molecule has 2 heterocycles. The minimum absolute atomic E-state index is 0.115. The molecule has 1 aliphatic heterocycles. The van der Waals surface area contributed by atoms with Crippen LogP contribution in [0, 0.1) is 5.82 Å². The predicted molar refractivity (Wildman–Crippen MR) is 121 cm³/mol. The number of fused-ring (bicyclic) bond motifs is 2. The summed E-state index contributed by atoms with van der Waals surface area (Å²) < 4.78 is 20.3. The number of halogens is 1. The lowest BCUT2D eigenvalue weighted by atomic mass is 10.1. The van der Waals surface area contributed by atoms with Gasteiger partial charge in [0.2, 0.25) is 5.91 Å². The molecule has 1 amide bonds. The monoisotopic (exact) mass is 433 g/mol. The van der Waals surface area contributed by atoms with Crippen LogP contribution in [0.2, 0.25) is 0 Å². The third-order valence-corrected chi connectivity index (χ3v) is 6.23. The van der Waals surface area contributed by atoms with Gasteiger partial charge in [0.05, 0.1) is 28.4 Å². The van der Waals surface area contributed by atoms with Crippen LogP contribution >= 0.6 is 11.3 Å². The first-order valence-corrected chi connectivity index (χ1v) is 10.9. The van der Waals surface area contributed by atoms with E-state index in [0.717, 1.165) is 27.2 Å². The molecule has 1 aromatic heterocycles. The third kappa shape index (κ3) is 4.22. The molecule has 3 aromatic carbocycles. The van der Waals surface area contributed by atoms with E-state index in [2.05, 4.69) is 15.2 Å². The molecule has 1 atom stereocenters. The second-order valence-corrected chi connectivity index (χ2v) is 8.46. The Morgan fingerprint density at radius 3 is 2.71 bits per heavy atom. The maximum Gasteiger partial charge on any atom is 0.228 e. The Hall–Kier alpha value is -3.45. The number of thiazole rings is 1. The Morgan fingerprint density at radius 2 is 1.87 bits per heavy atom. The van der Waals surface area contributed by atoms with Gasteiger partial charge >= 0.3 is 0 Å². The number of nitrogens with one attached hydrogen (secondary N) is 1. The van der Waals surface area contributed by atoms with Gasteiger partial charge in [-0.15, -0.1) is 0 Å². The van der Waals surface area contributed by atoms with E-state index in [1.807, 2.05) is 48.5 Å². The number of aromatic nitrogens is 1.